The van der Waals surface area contributed by atoms with Gasteiger partial charge in [0.25, 0.3) is 5.91 Å². The maximum atomic E-state index is 12.7. The molecule has 0 radical (unpaired) electrons. The highest BCUT2D eigenvalue weighted by Gasteiger charge is 2.27. The van der Waals surface area contributed by atoms with Crippen molar-refractivity contribution in [3.8, 4) is 5.75 Å². The van der Waals surface area contributed by atoms with Crippen LogP contribution < -0.4 is 0 Å². The van der Waals surface area contributed by atoms with Crippen molar-refractivity contribution in [2.24, 2.45) is 11.8 Å². The van der Waals surface area contributed by atoms with E-state index in [-0.39, 0.29) is 11.7 Å². The van der Waals surface area contributed by atoms with Crippen molar-refractivity contribution in [1.82, 2.24) is 4.90 Å². The van der Waals surface area contributed by atoms with Gasteiger partial charge in [0, 0.05) is 13.1 Å². The van der Waals surface area contributed by atoms with E-state index in [9.17, 15) is 9.90 Å². The van der Waals surface area contributed by atoms with Gasteiger partial charge in [-0.25, -0.2) is 0 Å². The van der Waals surface area contributed by atoms with Gasteiger partial charge in [0.05, 0.1) is 5.56 Å². The molecule has 1 fully saturated rings. The number of piperidine rings is 1. The number of phenolic OH excluding ortho intramolecular Hbond substituents is 1. The van der Waals surface area contributed by atoms with Crippen LogP contribution in [0.15, 0.2) is 36.4 Å². The molecule has 1 aliphatic heterocycles. The van der Waals surface area contributed by atoms with E-state index in [0.717, 1.165) is 30.3 Å². The SMILES string of the molecule is C[C@H]1C[C@H](C)CN(C(=O)c2cc3ccccc3cc2O)C1. The minimum Gasteiger partial charge on any atom is -0.507 e. The van der Waals surface area contributed by atoms with Crippen molar-refractivity contribution in [3.05, 3.63) is 42.0 Å². The maximum Gasteiger partial charge on any atom is 0.257 e. The van der Waals surface area contributed by atoms with Gasteiger partial charge in [-0.15, -0.1) is 0 Å². The standard InChI is InChI=1S/C18H21NO2/c1-12-7-13(2)11-19(10-12)18(21)16-8-14-5-3-4-6-15(14)9-17(16)20/h3-6,8-9,12-13,20H,7,10-11H2,1-2H3/t12-,13-/m0/s1. The van der Waals surface area contributed by atoms with Gasteiger partial charge in [0.15, 0.2) is 0 Å². The highest BCUT2D eigenvalue weighted by Crippen LogP contribution is 2.28. The maximum absolute atomic E-state index is 12.7. The minimum absolute atomic E-state index is 0.0587. The van der Waals surface area contributed by atoms with Gasteiger partial charge in [-0.05, 0) is 41.2 Å². The van der Waals surface area contributed by atoms with E-state index in [1.165, 1.54) is 0 Å². The minimum atomic E-state index is -0.0587. The van der Waals surface area contributed by atoms with Gasteiger partial charge in [0.2, 0.25) is 0 Å². The summed E-state index contributed by atoms with van der Waals surface area (Å²) >= 11 is 0. The Kier molecular flexibility index (Phi) is 3.58. The first-order valence-electron chi connectivity index (χ1n) is 7.55. The van der Waals surface area contributed by atoms with Crippen molar-refractivity contribution in [2.75, 3.05) is 13.1 Å². The number of fused-ring (bicyclic) bond motifs is 1. The van der Waals surface area contributed by atoms with Crippen LogP contribution in [0.5, 0.6) is 5.75 Å². The van der Waals surface area contributed by atoms with Gasteiger partial charge in [-0.3, -0.25) is 4.79 Å². The summed E-state index contributed by atoms with van der Waals surface area (Å²) in [5.41, 5.74) is 0.412. The zero-order valence-electron chi connectivity index (χ0n) is 12.5. The average molecular weight is 283 g/mol. The molecule has 1 heterocycles. The highest BCUT2D eigenvalue weighted by atomic mass is 16.3. The zero-order valence-corrected chi connectivity index (χ0v) is 12.5. The lowest BCUT2D eigenvalue weighted by atomic mass is 9.91. The topological polar surface area (TPSA) is 40.5 Å². The Balaban J connectivity index is 1.95. The molecular formula is C18H21NO2. The van der Waals surface area contributed by atoms with Gasteiger partial charge in [-0.2, -0.15) is 0 Å². The van der Waals surface area contributed by atoms with E-state index in [2.05, 4.69) is 13.8 Å². The molecule has 21 heavy (non-hydrogen) atoms. The Morgan fingerprint density at radius 2 is 1.67 bits per heavy atom. The van der Waals surface area contributed by atoms with E-state index < -0.39 is 0 Å². The summed E-state index contributed by atoms with van der Waals surface area (Å²) in [6.07, 6.45) is 1.16. The monoisotopic (exact) mass is 283 g/mol. The molecule has 0 saturated carbocycles. The van der Waals surface area contributed by atoms with Crippen molar-refractivity contribution in [1.29, 1.82) is 0 Å². The normalized spacial score (nSPS) is 22.5. The Hall–Kier alpha value is -2.03. The molecule has 2 atom stereocenters. The number of aromatic hydroxyl groups is 1. The number of nitrogens with zero attached hydrogens (tertiary/aromatic N) is 1. The van der Waals surface area contributed by atoms with Crippen molar-refractivity contribution >= 4 is 16.7 Å². The van der Waals surface area contributed by atoms with Crippen LogP contribution in [-0.4, -0.2) is 29.0 Å². The van der Waals surface area contributed by atoms with E-state index in [1.54, 1.807) is 12.1 Å². The second-order valence-corrected chi connectivity index (χ2v) is 6.37. The molecule has 110 valence electrons. The predicted molar refractivity (Wildman–Crippen MR) is 84.5 cm³/mol. The molecule has 3 nitrogen and oxygen atoms in total. The van der Waals surface area contributed by atoms with E-state index in [4.69, 9.17) is 0 Å². The molecule has 0 unspecified atom stereocenters. The number of carbonyl (C=O) groups excluding carboxylic acids is 1. The number of carbonyl (C=O) groups is 1. The molecule has 1 aliphatic rings. The van der Waals surface area contributed by atoms with Crippen LogP contribution >= 0.6 is 0 Å². The molecule has 3 rings (SSSR count). The second-order valence-electron chi connectivity index (χ2n) is 6.37. The summed E-state index contributed by atoms with van der Waals surface area (Å²) in [5.74, 6) is 1.04. The molecule has 1 amide bonds. The first-order valence-corrected chi connectivity index (χ1v) is 7.55. The molecule has 0 spiro atoms. The van der Waals surface area contributed by atoms with Crippen molar-refractivity contribution in [3.63, 3.8) is 0 Å². The third-order valence-electron chi connectivity index (χ3n) is 4.25. The summed E-state index contributed by atoms with van der Waals surface area (Å²) in [6, 6.07) is 11.3. The summed E-state index contributed by atoms with van der Waals surface area (Å²) in [6.45, 7) is 5.90. The molecule has 0 aromatic heterocycles. The van der Waals surface area contributed by atoms with Gasteiger partial charge in [-0.1, -0.05) is 38.1 Å². The summed E-state index contributed by atoms with van der Waals surface area (Å²) in [7, 11) is 0. The third-order valence-corrected chi connectivity index (χ3v) is 4.25. The van der Waals surface area contributed by atoms with Crippen LogP contribution in [0.25, 0.3) is 10.8 Å². The molecule has 2 aromatic rings. The van der Waals surface area contributed by atoms with E-state index >= 15 is 0 Å². The van der Waals surface area contributed by atoms with E-state index in [0.29, 0.717) is 17.4 Å². The summed E-state index contributed by atoms with van der Waals surface area (Å²) in [5, 5.41) is 12.1. The molecule has 3 heteroatoms. The fraction of sp³-hybridized carbons (Fsp3) is 0.389. The number of rotatable bonds is 1. The van der Waals surface area contributed by atoms with Crippen molar-refractivity contribution in [2.45, 2.75) is 20.3 Å². The Bertz CT molecular complexity index is 670. The number of amides is 1. The second kappa shape index (κ2) is 5.40. The lowest BCUT2D eigenvalue weighted by Crippen LogP contribution is -2.42. The molecular weight excluding hydrogens is 262 g/mol. The lowest BCUT2D eigenvalue weighted by Gasteiger charge is -2.35. The average Bonchev–Trinajstić information content (AvgIpc) is 2.44. The Labute approximate surface area is 125 Å². The van der Waals surface area contributed by atoms with Crippen LogP contribution in [0.4, 0.5) is 0 Å². The van der Waals surface area contributed by atoms with Crippen molar-refractivity contribution < 1.29 is 9.90 Å². The van der Waals surface area contributed by atoms with Gasteiger partial charge in [0.1, 0.15) is 5.75 Å². The fourth-order valence-electron chi connectivity index (χ4n) is 3.40. The van der Waals surface area contributed by atoms with Crippen LogP contribution in [0.2, 0.25) is 0 Å². The molecule has 1 N–H and O–H groups in total. The number of hydrogen-bond acceptors (Lipinski definition) is 2. The first-order chi connectivity index (χ1) is 10.0. The van der Waals surface area contributed by atoms with Crippen LogP contribution in [0.3, 0.4) is 0 Å². The molecule has 2 aromatic carbocycles. The smallest absolute Gasteiger partial charge is 0.257 e. The first kappa shape index (κ1) is 13.9. The predicted octanol–water partition coefficient (Wildman–Crippen LogP) is 3.66. The quantitative estimate of drug-likeness (QED) is 0.867. The number of likely N-dealkylation sites (tertiary alicyclic amines) is 1. The van der Waals surface area contributed by atoms with Crippen LogP contribution in [0, 0.1) is 11.8 Å². The zero-order chi connectivity index (χ0) is 15.0. The fourth-order valence-corrected chi connectivity index (χ4v) is 3.40. The molecule has 0 bridgehead atoms. The summed E-state index contributed by atoms with van der Waals surface area (Å²) < 4.78 is 0. The Morgan fingerprint density at radius 3 is 2.29 bits per heavy atom. The third kappa shape index (κ3) is 2.73. The number of benzene rings is 2. The molecule has 0 aliphatic carbocycles. The summed E-state index contributed by atoms with van der Waals surface area (Å²) in [4.78, 5) is 14.6. The number of hydrogen-bond donors (Lipinski definition) is 1. The number of phenols is 1. The lowest BCUT2D eigenvalue weighted by molar-refractivity contribution is 0.0620. The van der Waals surface area contributed by atoms with Crippen LogP contribution in [-0.2, 0) is 0 Å². The van der Waals surface area contributed by atoms with Crippen LogP contribution in [0.1, 0.15) is 30.6 Å². The van der Waals surface area contributed by atoms with Gasteiger partial charge >= 0.3 is 0 Å². The highest BCUT2D eigenvalue weighted by molar-refractivity contribution is 6.01. The molecule has 1 saturated heterocycles. The van der Waals surface area contributed by atoms with Gasteiger partial charge < -0.3 is 10.0 Å². The largest absolute Gasteiger partial charge is 0.507 e. The Morgan fingerprint density at radius 1 is 1.10 bits per heavy atom. The van der Waals surface area contributed by atoms with E-state index in [1.807, 2.05) is 29.2 Å².